The number of halogens is 3. The molecule has 5 heteroatoms. The van der Waals surface area contributed by atoms with Gasteiger partial charge >= 0.3 is 6.18 Å². The highest BCUT2D eigenvalue weighted by atomic mass is 19.4. The second kappa shape index (κ2) is 4.63. The smallest absolute Gasteiger partial charge is 0.369 e. The molecular weight excluding hydrogens is 243 g/mol. The van der Waals surface area contributed by atoms with Crippen molar-refractivity contribution in [2.24, 2.45) is 11.7 Å². The van der Waals surface area contributed by atoms with Crippen LogP contribution in [0, 0.1) is 5.92 Å². The fourth-order valence-corrected chi connectivity index (χ4v) is 2.01. The van der Waals surface area contributed by atoms with Gasteiger partial charge in [0, 0.05) is 0 Å². The first-order valence-corrected chi connectivity index (χ1v) is 5.84. The van der Waals surface area contributed by atoms with Gasteiger partial charge < -0.3 is 5.73 Å². The van der Waals surface area contributed by atoms with Gasteiger partial charge in [0.15, 0.2) is 0 Å². The lowest BCUT2D eigenvalue weighted by molar-refractivity contribution is -0.137. The predicted molar refractivity (Wildman–Crippen MR) is 60.7 cm³/mol. The summed E-state index contributed by atoms with van der Waals surface area (Å²) in [6, 6.07) is 4.69. The average molecular weight is 257 g/mol. The molecule has 0 saturated heterocycles. The molecule has 1 unspecified atom stereocenters. The molecule has 18 heavy (non-hydrogen) atoms. The van der Waals surface area contributed by atoms with Crippen LogP contribution in [0.4, 0.5) is 13.2 Å². The second-order valence-corrected chi connectivity index (χ2v) is 4.75. The molecule has 0 aliphatic heterocycles. The molecule has 1 aliphatic carbocycles. The van der Waals surface area contributed by atoms with E-state index in [0.29, 0.717) is 17.9 Å². The Kier molecular flexibility index (Phi) is 3.32. The normalized spacial score (nSPS) is 17.5. The number of carbonyl (C=O) groups is 1. The van der Waals surface area contributed by atoms with E-state index < -0.39 is 23.6 Å². The molecule has 0 heterocycles. The van der Waals surface area contributed by atoms with Crippen LogP contribution in [-0.4, -0.2) is 5.91 Å². The van der Waals surface area contributed by atoms with Gasteiger partial charge in [0.05, 0.1) is 11.5 Å². The Morgan fingerprint density at radius 3 is 2.22 bits per heavy atom. The topological polar surface area (TPSA) is 43.1 Å². The van der Waals surface area contributed by atoms with Gasteiger partial charge in [0.2, 0.25) is 5.91 Å². The fourth-order valence-electron chi connectivity index (χ4n) is 2.01. The van der Waals surface area contributed by atoms with E-state index in [0.717, 1.165) is 25.0 Å². The Balaban J connectivity index is 2.17. The number of primary amides is 1. The lowest BCUT2D eigenvalue weighted by Gasteiger charge is -2.14. The Morgan fingerprint density at radius 1 is 1.28 bits per heavy atom. The number of hydrogen-bond donors (Lipinski definition) is 1. The van der Waals surface area contributed by atoms with E-state index >= 15 is 0 Å². The number of carbonyl (C=O) groups excluding carboxylic acids is 1. The van der Waals surface area contributed by atoms with Gasteiger partial charge in [-0.25, -0.2) is 0 Å². The van der Waals surface area contributed by atoms with E-state index in [1.54, 1.807) is 0 Å². The average Bonchev–Trinajstić information content (AvgIpc) is 3.08. The molecule has 0 spiro atoms. The summed E-state index contributed by atoms with van der Waals surface area (Å²) in [6.45, 7) is 0. The third-order valence-electron chi connectivity index (χ3n) is 3.25. The highest BCUT2D eigenvalue weighted by molar-refractivity contribution is 5.82. The summed E-state index contributed by atoms with van der Waals surface area (Å²) in [5, 5.41) is 0. The minimum absolute atomic E-state index is 0.471. The van der Waals surface area contributed by atoms with Gasteiger partial charge in [-0.15, -0.1) is 0 Å². The van der Waals surface area contributed by atoms with Gasteiger partial charge in [-0.05, 0) is 30.0 Å². The minimum Gasteiger partial charge on any atom is -0.369 e. The molecule has 0 bridgehead atoms. The summed E-state index contributed by atoms with van der Waals surface area (Å²) in [5.74, 6) is -0.453. The molecule has 98 valence electrons. The highest BCUT2D eigenvalue weighted by Gasteiger charge is 2.32. The zero-order chi connectivity index (χ0) is 13.3. The summed E-state index contributed by atoms with van der Waals surface area (Å²) in [4.78, 5) is 11.3. The number of benzene rings is 1. The van der Waals surface area contributed by atoms with Crippen molar-refractivity contribution in [3.8, 4) is 0 Å². The molecule has 2 nitrogen and oxygen atoms in total. The van der Waals surface area contributed by atoms with Crippen molar-refractivity contribution in [3.63, 3.8) is 0 Å². The molecule has 0 aromatic heterocycles. The van der Waals surface area contributed by atoms with Crippen molar-refractivity contribution >= 4 is 5.91 Å². The van der Waals surface area contributed by atoms with Crippen LogP contribution >= 0.6 is 0 Å². The SMILES string of the molecule is NC(=O)C(CC1CC1)c1ccc(C(F)(F)F)cc1. The van der Waals surface area contributed by atoms with E-state index in [1.165, 1.54) is 12.1 Å². The predicted octanol–water partition coefficient (Wildman–Crippen LogP) is 3.07. The standard InChI is InChI=1S/C13H14F3NO/c14-13(15,16)10-5-3-9(4-6-10)11(12(17)18)7-8-1-2-8/h3-6,8,11H,1-2,7H2,(H2,17,18). The zero-order valence-electron chi connectivity index (χ0n) is 9.70. The lowest BCUT2D eigenvalue weighted by atomic mass is 9.92. The minimum atomic E-state index is -4.35. The van der Waals surface area contributed by atoms with Crippen LogP contribution in [-0.2, 0) is 11.0 Å². The summed E-state index contributed by atoms with van der Waals surface area (Å²) in [5.41, 5.74) is 5.17. The highest BCUT2D eigenvalue weighted by Crippen LogP contribution is 2.39. The molecule has 1 aromatic carbocycles. The largest absolute Gasteiger partial charge is 0.416 e. The first kappa shape index (κ1) is 12.9. The Morgan fingerprint density at radius 2 is 1.83 bits per heavy atom. The summed E-state index contributed by atoms with van der Waals surface area (Å²) >= 11 is 0. The van der Waals surface area contributed by atoms with Gasteiger partial charge in [0.1, 0.15) is 0 Å². The monoisotopic (exact) mass is 257 g/mol. The summed E-state index contributed by atoms with van der Waals surface area (Å²) in [6.07, 6.45) is -1.56. The van der Waals surface area contributed by atoms with Gasteiger partial charge in [-0.1, -0.05) is 25.0 Å². The van der Waals surface area contributed by atoms with Crippen LogP contribution in [0.1, 0.15) is 36.3 Å². The van der Waals surface area contributed by atoms with Crippen molar-refractivity contribution in [2.45, 2.75) is 31.4 Å². The Bertz CT molecular complexity index is 435. The maximum Gasteiger partial charge on any atom is 0.416 e. The first-order valence-electron chi connectivity index (χ1n) is 5.84. The molecule has 1 amide bonds. The third-order valence-corrected chi connectivity index (χ3v) is 3.25. The van der Waals surface area contributed by atoms with Crippen LogP contribution in [0.15, 0.2) is 24.3 Å². The molecule has 0 radical (unpaired) electrons. The third kappa shape index (κ3) is 3.03. The van der Waals surface area contributed by atoms with Crippen LogP contribution in [0.5, 0.6) is 0 Å². The molecule has 2 N–H and O–H groups in total. The zero-order valence-corrected chi connectivity index (χ0v) is 9.70. The maximum atomic E-state index is 12.4. The Hall–Kier alpha value is -1.52. The van der Waals surface area contributed by atoms with E-state index in [1.807, 2.05) is 0 Å². The molecule has 1 saturated carbocycles. The second-order valence-electron chi connectivity index (χ2n) is 4.75. The van der Waals surface area contributed by atoms with Crippen molar-refractivity contribution in [1.82, 2.24) is 0 Å². The number of hydrogen-bond acceptors (Lipinski definition) is 1. The van der Waals surface area contributed by atoms with Crippen LogP contribution < -0.4 is 5.73 Å². The van der Waals surface area contributed by atoms with Crippen LogP contribution in [0.25, 0.3) is 0 Å². The van der Waals surface area contributed by atoms with Gasteiger partial charge in [-0.2, -0.15) is 13.2 Å². The Labute approximate surface area is 103 Å². The maximum absolute atomic E-state index is 12.4. The summed E-state index contributed by atoms with van der Waals surface area (Å²) in [7, 11) is 0. The van der Waals surface area contributed by atoms with E-state index in [9.17, 15) is 18.0 Å². The fraction of sp³-hybridized carbons (Fsp3) is 0.462. The summed E-state index contributed by atoms with van der Waals surface area (Å²) < 4.78 is 37.2. The van der Waals surface area contributed by atoms with Crippen molar-refractivity contribution in [1.29, 1.82) is 0 Å². The number of amides is 1. The molecule has 1 aliphatic rings. The molecular formula is C13H14F3NO. The number of nitrogens with two attached hydrogens (primary N) is 1. The van der Waals surface area contributed by atoms with E-state index in [2.05, 4.69) is 0 Å². The van der Waals surface area contributed by atoms with Gasteiger partial charge in [0.25, 0.3) is 0 Å². The van der Waals surface area contributed by atoms with E-state index in [4.69, 9.17) is 5.73 Å². The number of rotatable bonds is 4. The quantitative estimate of drug-likeness (QED) is 0.885. The number of alkyl halides is 3. The molecule has 1 atom stereocenters. The van der Waals surface area contributed by atoms with Crippen molar-refractivity contribution < 1.29 is 18.0 Å². The van der Waals surface area contributed by atoms with Crippen molar-refractivity contribution in [2.75, 3.05) is 0 Å². The van der Waals surface area contributed by atoms with E-state index in [-0.39, 0.29) is 0 Å². The first-order chi connectivity index (χ1) is 8.38. The van der Waals surface area contributed by atoms with Crippen LogP contribution in [0.3, 0.4) is 0 Å². The molecule has 2 rings (SSSR count). The van der Waals surface area contributed by atoms with Crippen molar-refractivity contribution in [3.05, 3.63) is 35.4 Å². The van der Waals surface area contributed by atoms with Gasteiger partial charge in [-0.3, -0.25) is 4.79 Å². The lowest BCUT2D eigenvalue weighted by Crippen LogP contribution is -2.22. The molecule has 1 fully saturated rings. The molecule has 1 aromatic rings. The van der Waals surface area contributed by atoms with Crippen LogP contribution in [0.2, 0.25) is 0 Å².